The SMILES string of the molecule is CC(C)OC(=O)Oc1ccc(CC(N)(C[C@H](C)OC(=O)OC(C)(C)C)C(=O)O)cc1OC(=O)OC(C)C. The first-order valence-electron chi connectivity index (χ1n) is 11.7. The number of carboxylic acid groups (broad SMARTS) is 1. The number of hydrogen-bond acceptors (Lipinski definition) is 11. The number of rotatable bonds is 10. The van der Waals surface area contributed by atoms with Crippen LogP contribution >= 0.6 is 0 Å². The highest BCUT2D eigenvalue weighted by Gasteiger charge is 2.37. The molecule has 1 unspecified atom stereocenters. The molecule has 0 radical (unpaired) electrons. The second-order valence-electron chi connectivity index (χ2n) is 10.1. The molecule has 0 heterocycles. The number of nitrogens with two attached hydrogens (primary N) is 1. The van der Waals surface area contributed by atoms with Gasteiger partial charge in [-0.15, -0.1) is 0 Å². The van der Waals surface area contributed by atoms with Crippen LogP contribution in [0.25, 0.3) is 0 Å². The number of hydrogen-bond donors (Lipinski definition) is 2. The minimum atomic E-state index is -1.88. The summed E-state index contributed by atoms with van der Waals surface area (Å²) in [6.45, 7) is 13.0. The van der Waals surface area contributed by atoms with Crippen LogP contribution < -0.4 is 15.2 Å². The van der Waals surface area contributed by atoms with Gasteiger partial charge in [0.2, 0.25) is 0 Å². The normalized spacial score (nSPS) is 13.8. The fraction of sp³-hybridized carbons (Fsp3) is 0.600. The van der Waals surface area contributed by atoms with Crippen LogP contribution in [0.3, 0.4) is 0 Å². The fourth-order valence-corrected chi connectivity index (χ4v) is 3.03. The third-order valence-corrected chi connectivity index (χ3v) is 4.34. The third-order valence-electron chi connectivity index (χ3n) is 4.34. The van der Waals surface area contributed by atoms with Crippen LogP contribution in [0.15, 0.2) is 18.2 Å². The van der Waals surface area contributed by atoms with Gasteiger partial charge in [-0.25, -0.2) is 14.4 Å². The third kappa shape index (κ3) is 11.8. The van der Waals surface area contributed by atoms with Gasteiger partial charge in [-0.05, 0) is 73.1 Å². The standard InChI is InChI=1S/C25H37NO11/c1-14(2)32-21(29)35-18-10-9-17(11-19(18)36-22(30)33-15(3)4)13-25(26,20(27)28)12-16(5)34-23(31)37-24(6,7)8/h9-11,14-16H,12-13,26H2,1-8H3,(H,27,28)/t16-,25?/m0/s1. The Bertz CT molecular complexity index is 968. The first-order chi connectivity index (χ1) is 16.9. The number of ether oxygens (including phenoxy) is 6. The molecule has 0 bridgehead atoms. The molecule has 0 aliphatic rings. The Hall–Kier alpha value is -3.54. The molecule has 2 atom stereocenters. The van der Waals surface area contributed by atoms with Gasteiger partial charge >= 0.3 is 24.4 Å². The van der Waals surface area contributed by atoms with Crippen molar-refractivity contribution in [2.24, 2.45) is 5.73 Å². The molecule has 1 aromatic rings. The number of benzene rings is 1. The van der Waals surface area contributed by atoms with Crippen molar-refractivity contribution in [2.75, 3.05) is 0 Å². The Morgan fingerprint density at radius 2 is 1.35 bits per heavy atom. The first-order valence-corrected chi connectivity index (χ1v) is 11.7. The highest BCUT2D eigenvalue weighted by molar-refractivity contribution is 5.79. The van der Waals surface area contributed by atoms with E-state index in [1.807, 2.05) is 0 Å². The molecule has 12 nitrogen and oxygen atoms in total. The average molecular weight is 528 g/mol. The molecule has 1 rings (SSSR count). The van der Waals surface area contributed by atoms with E-state index in [0.717, 1.165) is 0 Å². The van der Waals surface area contributed by atoms with Crippen molar-refractivity contribution < 1.29 is 52.7 Å². The van der Waals surface area contributed by atoms with Gasteiger partial charge in [0.1, 0.15) is 17.2 Å². The molecule has 12 heteroatoms. The molecule has 37 heavy (non-hydrogen) atoms. The zero-order valence-corrected chi connectivity index (χ0v) is 22.5. The molecule has 3 N–H and O–H groups in total. The Morgan fingerprint density at radius 3 is 1.81 bits per heavy atom. The zero-order valence-electron chi connectivity index (χ0n) is 22.5. The van der Waals surface area contributed by atoms with Gasteiger partial charge in [0, 0.05) is 12.8 Å². The Labute approximate surface area is 216 Å². The van der Waals surface area contributed by atoms with Crippen LogP contribution in [0.2, 0.25) is 0 Å². The van der Waals surface area contributed by atoms with Crippen LogP contribution in [0.5, 0.6) is 11.5 Å². The monoisotopic (exact) mass is 527 g/mol. The van der Waals surface area contributed by atoms with Gasteiger partial charge in [0.25, 0.3) is 0 Å². The van der Waals surface area contributed by atoms with Crippen molar-refractivity contribution in [1.29, 1.82) is 0 Å². The van der Waals surface area contributed by atoms with E-state index in [4.69, 9.17) is 34.2 Å². The molecule has 0 amide bonds. The highest BCUT2D eigenvalue weighted by atomic mass is 16.8. The molecule has 0 aliphatic heterocycles. The van der Waals surface area contributed by atoms with Crippen LogP contribution in [0.1, 0.15) is 67.4 Å². The molecule has 1 aromatic carbocycles. The summed E-state index contributed by atoms with van der Waals surface area (Å²) in [5.41, 5.74) is 3.85. The van der Waals surface area contributed by atoms with E-state index in [-0.39, 0.29) is 24.3 Å². The zero-order chi connectivity index (χ0) is 28.6. The maximum absolute atomic E-state index is 12.1. The van der Waals surface area contributed by atoms with Crippen molar-refractivity contribution in [2.45, 2.75) is 97.7 Å². The quantitative estimate of drug-likeness (QED) is 0.247. The molecule has 0 saturated heterocycles. The smallest absolute Gasteiger partial charge is 0.480 e. The Kier molecular flexibility index (Phi) is 11.2. The molecule has 0 aromatic heterocycles. The second-order valence-corrected chi connectivity index (χ2v) is 10.1. The average Bonchev–Trinajstić information content (AvgIpc) is 2.66. The van der Waals surface area contributed by atoms with E-state index in [9.17, 15) is 24.3 Å². The molecule has 0 aliphatic carbocycles. The van der Waals surface area contributed by atoms with Gasteiger partial charge in [-0.1, -0.05) is 6.07 Å². The summed E-state index contributed by atoms with van der Waals surface area (Å²) in [7, 11) is 0. The van der Waals surface area contributed by atoms with Gasteiger partial charge in [0.05, 0.1) is 12.2 Å². The molecule has 0 spiro atoms. The summed E-state index contributed by atoms with van der Waals surface area (Å²) < 4.78 is 30.5. The predicted molar refractivity (Wildman–Crippen MR) is 131 cm³/mol. The lowest BCUT2D eigenvalue weighted by molar-refractivity contribution is -0.145. The maximum atomic E-state index is 12.1. The van der Waals surface area contributed by atoms with Crippen LogP contribution in [-0.4, -0.2) is 59.0 Å². The summed E-state index contributed by atoms with van der Waals surface area (Å²) in [4.78, 5) is 48.1. The van der Waals surface area contributed by atoms with Crippen molar-refractivity contribution in [3.8, 4) is 11.5 Å². The van der Waals surface area contributed by atoms with Crippen molar-refractivity contribution in [3.05, 3.63) is 23.8 Å². The van der Waals surface area contributed by atoms with E-state index in [1.165, 1.54) is 25.1 Å². The summed E-state index contributed by atoms with van der Waals surface area (Å²) in [5, 5.41) is 9.85. The highest BCUT2D eigenvalue weighted by Crippen LogP contribution is 2.31. The summed E-state index contributed by atoms with van der Waals surface area (Å²) >= 11 is 0. The molecule has 0 saturated carbocycles. The minimum Gasteiger partial charge on any atom is -0.480 e. The van der Waals surface area contributed by atoms with Crippen molar-refractivity contribution in [3.63, 3.8) is 0 Å². The van der Waals surface area contributed by atoms with E-state index < -0.39 is 53.9 Å². The summed E-state index contributed by atoms with van der Waals surface area (Å²) in [5.74, 6) is -1.72. The molecule has 0 fully saturated rings. The van der Waals surface area contributed by atoms with Crippen LogP contribution in [0.4, 0.5) is 14.4 Å². The molecule has 208 valence electrons. The second kappa shape index (κ2) is 13.1. The number of carboxylic acids is 1. The fourth-order valence-electron chi connectivity index (χ4n) is 3.03. The van der Waals surface area contributed by atoms with Crippen LogP contribution in [0, 0.1) is 0 Å². The van der Waals surface area contributed by atoms with E-state index in [1.54, 1.807) is 48.5 Å². The van der Waals surface area contributed by atoms with Gasteiger partial charge in [-0.3, -0.25) is 4.79 Å². The lowest BCUT2D eigenvalue weighted by atomic mass is 9.86. The Balaban J connectivity index is 3.17. The minimum absolute atomic E-state index is 0.158. The van der Waals surface area contributed by atoms with Gasteiger partial charge in [-0.2, -0.15) is 0 Å². The number of carbonyl (C=O) groups excluding carboxylic acids is 3. The van der Waals surface area contributed by atoms with E-state index >= 15 is 0 Å². The van der Waals surface area contributed by atoms with E-state index in [2.05, 4.69) is 0 Å². The number of carbonyl (C=O) groups is 4. The summed E-state index contributed by atoms with van der Waals surface area (Å²) in [6, 6.07) is 4.05. The Morgan fingerprint density at radius 1 is 0.838 bits per heavy atom. The van der Waals surface area contributed by atoms with Crippen molar-refractivity contribution >= 4 is 24.4 Å². The largest absolute Gasteiger partial charge is 0.514 e. The van der Waals surface area contributed by atoms with Crippen LogP contribution in [-0.2, 0) is 30.2 Å². The number of aliphatic carboxylic acids is 1. The summed E-state index contributed by atoms with van der Waals surface area (Å²) in [6.07, 6.45) is -5.41. The molecular weight excluding hydrogens is 490 g/mol. The lowest BCUT2D eigenvalue weighted by Gasteiger charge is -2.28. The predicted octanol–water partition coefficient (Wildman–Crippen LogP) is 4.59. The van der Waals surface area contributed by atoms with Crippen molar-refractivity contribution in [1.82, 2.24) is 0 Å². The molecular formula is C25H37NO11. The lowest BCUT2D eigenvalue weighted by Crippen LogP contribution is -2.52. The van der Waals surface area contributed by atoms with Gasteiger partial charge < -0.3 is 39.3 Å². The topological polar surface area (TPSA) is 170 Å². The van der Waals surface area contributed by atoms with Gasteiger partial charge in [0.15, 0.2) is 11.5 Å². The maximum Gasteiger partial charge on any atom is 0.514 e. The first kappa shape index (κ1) is 31.5. The van der Waals surface area contributed by atoms with E-state index in [0.29, 0.717) is 5.56 Å².